The van der Waals surface area contributed by atoms with Crippen LogP contribution in [0.1, 0.15) is 30.2 Å². The van der Waals surface area contributed by atoms with Crippen LogP contribution < -0.4 is 10.2 Å². The number of para-hydroxylation sites is 1. The first-order valence-corrected chi connectivity index (χ1v) is 8.83. The van der Waals surface area contributed by atoms with Crippen molar-refractivity contribution < 1.29 is 0 Å². The number of hydrogen-bond donors (Lipinski definition) is 1. The van der Waals surface area contributed by atoms with Gasteiger partial charge < -0.3 is 10.2 Å². The van der Waals surface area contributed by atoms with E-state index in [2.05, 4.69) is 58.9 Å². The van der Waals surface area contributed by atoms with Crippen LogP contribution in [0.15, 0.2) is 41.8 Å². The average Bonchev–Trinajstić information content (AvgIpc) is 3.02. The van der Waals surface area contributed by atoms with E-state index < -0.39 is 0 Å². The molecule has 1 aliphatic heterocycles. The van der Waals surface area contributed by atoms with Gasteiger partial charge in [0.1, 0.15) is 0 Å². The van der Waals surface area contributed by atoms with E-state index in [4.69, 9.17) is 0 Å². The van der Waals surface area contributed by atoms with E-state index in [0.29, 0.717) is 6.04 Å². The molecule has 0 unspecified atom stereocenters. The third-order valence-corrected chi connectivity index (χ3v) is 5.35. The van der Waals surface area contributed by atoms with Gasteiger partial charge in [0.2, 0.25) is 0 Å². The predicted molar refractivity (Wildman–Crippen MR) is 92.2 cm³/mol. The lowest BCUT2D eigenvalue weighted by molar-refractivity contribution is 0.415. The van der Waals surface area contributed by atoms with Gasteiger partial charge in [-0.15, -0.1) is 11.3 Å². The molecule has 0 aliphatic carbocycles. The van der Waals surface area contributed by atoms with Crippen LogP contribution in [0.3, 0.4) is 0 Å². The second-order valence-corrected chi connectivity index (χ2v) is 6.70. The Morgan fingerprint density at radius 3 is 2.62 bits per heavy atom. The number of piperidine rings is 1. The van der Waals surface area contributed by atoms with Crippen LogP contribution in [0, 0.1) is 0 Å². The molecule has 1 N–H and O–H groups in total. The minimum Gasteiger partial charge on any atom is -0.371 e. The average molecular weight is 300 g/mol. The molecule has 0 amide bonds. The lowest BCUT2D eigenvalue weighted by Gasteiger charge is -2.34. The van der Waals surface area contributed by atoms with Gasteiger partial charge in [-0.2, -0.15) is 0 Å². The monoisotopic (exact) mass is 300 g/mol. The first-order chi connectivity index (χ1) is 10.4. The van der Waals surface area contributed by atoms with E-state index >= 15 is 0 Å². The van der Waals surface area contributed by atoms with E-state index in [0.717, 1.165) is 26.1 Å². The molecule has 0 radical (unpaired) electrons. The number of aryl methyl sites for hydroxylation is 1. The molecule has 0 spiro atoms. The Labute approximate surface area is 131 Å². The van der Waals surface area contributed by atoms with E-state index in [1.54, 1.807) is 0 Å². The normalized spacial score (nSPS) is 16.3. The molecule has 1 aliphatic rings. The smallest absolute Gasteiger partial charge is 0.0366 e. The van der Waals surface area contributed by atoms with Gasteiger partial charge in [-0.05, 0) is 48.4 Å². The summed E-state index contributed by atoms with van der Waals surface area (Å²) < 4.78 is 0. The number of benzene rings is 1. The highest BCUT2D eigenvalue weighted by Crippen LogP contribution is 2.21. The number of nitrogens with one attached hydrogen (secondary N) is 1. The second-order valence-electron chi connectivity index (χ2n) is 5.70. The molecule has 2 aromatic rings. The summed E-state index contributed by atoms with van der Waals surface area (Å²) >= 11 is 1.89. The van der Waals surface area contributed by atoms with Gasteiger partial charge in [-0.25, -0.2) is 0 Å². The van der Waals surface area contributed by atoms with Gasteiger partial charge in [0.05, 0.1) is 0 Å². The van der Waals surface area contributed by atoms with Crippen LogP contribution in [0.25, 0.3) is 0 Å². The van der Waals surface area contributed by atoms with Gasteiger partial charge in [0.15, 0.2) is 0 Å². The van der Waals surface area contributed by atoms with Crippen molar-refractivity contribution in [2.24, 2.45) is 0 Å². The molecule has 1 aromatic carbocycles. The van der Waals surface area contributed by atoms with Crippen LogP contribution in [-0.2, 0) is 13.0 Å². The van der Waals surface area contributed by atoms with E-state index in [1.165, 1.54) is 29.0 Å². The molecule has 2 nitrogen and oxygen atoms in total. The molecule has 112 valence electrons. The maximum absolute atomic E-state index is 3.75. The SMILES string of the molecule is CCc1ccsc1CNC1CCN(c2ccccc2)CC1. The van der Waals surface area contributed by atoms with Crippen molar-refractivity contribution in [1.82, 2.24) is 5.32 Å². The predicted octanol–water partition coefficient (Wildman–Crippen LogP) is 4.07. The second kappa shape index (κ2) is 7.10. The maximum atomic E-state index is 3.75. The first-order valence-electron chi connectivity index (χ1n) is 7.95. The van der Waals surface area contributed by atoms with Crippen molar-refractivity contribution in [2.75, 3.05) is 18.0 Å². The van der Waals surface area contributed by atoms with Gasteiger partial charge >= 0.3 is 0 Å². The number of nitrogens with zero attached hydrogens (tertiary/aromatic N) is 1. The minimum absolute atomic E-state index is 0.664. The van der Waals surface area contributed by atoms with Crippen LogP contribution in [0.5, 0.6) is 0 Å². The summed E-state index contributed by atoms with van der Waals surface area (Å²) in [5.41, 5.74) is 2.87. The fourth-order valence-corrected chi connectivity index (χ4v) is 3.98. The molecule has 21 heavy (non-hydrogen) atoms. The van der Waals surface area contributed by atoms with E-state index in [-0.39, 0.29) is 0 Å². The Bertz CT molecular complexity index is 541. The Kier molecular flexibility index (Phi) is 4.94. The number of hydrogen-bond acceptors (Lipinski definition) is 3. The maximum Gasteiger partial charge on any atom is 0.0366 e. The highest BCUT2D eigenvalue weighted by molar-refractivity contribution is 7.10. The largest absolute Gasteiger partial charge is 0.371 e. The topological polar surface area (TPSA) is 15.3 Å². The van der Waals surface area contributed by atoms with Crippen LogP contribution >= 0.6 is 11.3 Å². The van der Waals surface area contributed by atoms with Crippen molar-refractivity contribution in [3.63, 3.8) is 0 Å². The summed E-state index contributed by atoms with van der Waals surface area (Å²) in [5, 5.41) is 5.97. The van der Waals surface area contributed by atoms with Crippen molar-refractivity contribution in [3.8, 4) is 0 Å². The standard InChI is InChI=1S/C18H24N2S/c1-2-15-10-13-21-18(15)14-19-16-8-11-20(12-9-16)17-6-4-3-5-7-17/h3-7,10,13,16,19H,2,8-9,11-12,14H2,1H3. The van der Waals surface area contributed by atoms with Crippen molar-refractivity contribution in [3.05, 3.63) is 52.2 Å². The third-order valence-electron chi connectivity index (χ3n) is 4.39. The molecule has 0 saturated carbocycles. The number of anilines is 1. The minimum atomic E-state index is 0.664. The van der Waals surface area contributed by atoms with Gasteiger partial charge in [0, 0.05) is 36.2 Å². The fourth-order valence-electron chi connectivity index (χ4n) is 3.05. The molecule has 0 atom stereocenters. The van der Waals surface area contributed by atoms with Crippen molar-refractivity contribution in [1.29, 1.82) is 0 Å². The van der Waals surface area contributed by atoms with Crippen LogP contribution in [0.4, 0.5) is 5.69 Å². The molecule has 2 heterocycles. The summed E-state index contributed by atoms with van der Waals surface area (Å²) in [6.07, 6.45) is 3.62. The summed E-state index contributed by atoms with van der Waals surface area (Å²) in [4.78, 5) is 4.02. The molecule has 3 heteroatoms. The summed E-state index contributed by atoms with van der Waals surface area (Å²) in [6.45, 7) is 5.60. The number of thiophene rings is 1. The molecule has 1 aromatic heterocycles. The highest BCUT2D eigenvalue weighted by atomic mass is 32.1. The Balaban J connectivity index is 1.48. The van der Waals surface area contributed by atoms with Gasteiger partial charge in [0.25, 0.3) is 0 Å². The molecular formula is C18H24N2S. The fraction of sp³-hybridized carbons (Fsp3) is 0.444. The quantitative estimate of drug-likeness (QED) is 0.895. The van der Waals surface area contributed by atoms with E-state index in [9.17, 15) is 0 Å². The first kappa shape index (κ1) is 14.6. The summed E-state index contributed by atoms with van der Waals surface area (Å²) in [6, 6.07) is 13.7. The zero-order valence-corrected chi connectivity index (χ0v) is 13.5. The zero-order valence-electron chi connectivity index (χ0n) is 12.7. The van der Waals surface area contributed by atoms with E-state index in [1.807, 2.05) is 11.3 Å². The molecule has 0 bridgehead atoms. The molecule has 1 saturated heterocycles. The summed E-state index contributed by atoms with van der Waals surface area (Å²) in [7, 11) is 0. The number of rotatable bonds is 5. The lowest BCUT2D eigenvalue weighted by Crippen LogP contribution is -2.42. The van der Waals surface area contributed by atoms with Crippen LogP contribution in [-0.4, -0.2) is 19.1 Å². The van der Waals surface area contributed by atoms with Crippen molar-refractivity contribution >= 4 is 17.0 Å². The van der Waals surface area contributed by atoms with Gasteiger partial charge in [-0.3, -0.25) is 0 Å². The van der Waals surface area contributed by atoms with Gasteiger partial charge in [-0.1, -0.05) is 25.1 Å². The Morgan fingerprint density at radius 1 is 1.14 bits per heavy atom. The summed E-state index contributed by atoms with van der Waals surface area (Å²) in [5.74, 6) is 0. The zero-order chi connectivity index (χ0) is 14.5. The Morgan fingerprint density at radius 2 is 1.90 bits per heavy atom. The molecule has 3 rings (SSSR count). The van der Waals surface area contributed by atoms with Crippen LogP contribution in [0.2, 0.25) is 0 Å². The molecule has 1 fully saturated rings. The Hall–Kier alpha value is -1.32. The van der Waals surface area contributed by atoms with Crippen molar-refractivity contribution in [2.45, 2.75) is 38.8 Å². The lowest BCUT2D eigenvalue weighted by atomic mass is 10.0. The third kappa shape index (κ3) is 3.66. The highest BCUT2D eigenvalue weighted by Gasteiger charge is 2.19. The molecular weight excluding hydrogens is 276 g/mol.